The number of hydrogen-bond donors (Lipinski definition) is 2. The molecule has 0 atom stereocenters. The molecule has 0 aliphatic rings. The van der Waals surface area contributed by atoms with E-state index in [0.717, 1.165) is 0 Å². The molecule has 0 aliphatic carbocycles. The Morgan fingerprint density at radius 1 is 1.56 bits per heavy atom. The maximum absolute atomic E-state index is 10.7. The molecule has 1 rings (SSSR count). The van der Waals surface area contributed by atoms with E-state index < -0.39 is 6.09 Å². The van der Waals surface area contributed by atoms with Crippen LogP contribution in [0.1, 0.15) is 5.56 Å². The zero-order valence-corrected chi connectivity index (χ0v) is 9.71. The number of rotatable bonds is 2. The second-order valence-electron chi connectivity index (χ2n) is 2.69. The number of halogens is 2. The van der Waals surface area contributed by atoms with Crippen LogP contribution >= 0.6 is 23.2 Å². The zero-order chi connectivity index (χ0) is 12.1. The number of benzene rings is 1. The summed E-state index contributed by atoms with van der Waals surface area (Å²) in [5, 5.41) is 13.5. The van der Waals surface area contributed by atoms with Gasteiger partial charge in [0.25, 0.3) is 0 Å². The van der Waals surface area contributed by atoms with Crippen molar-refractivity contribution >= 4 is 35.5 Å². The van der Waals surface area contributed by atoms with Gasteiger partial charge in [-0.1, -0.05) is 23.2 Å². The fourth-order valence-corrected chi connectivity index (χ4v) is 1.39. The van der Waals surface area contributed by atoms with Gasteiger partial charge in [0.1, 0.15) is 5.75 Å². The predicted octanol–water partition coefficient (Wildman–Crippen LogP) is 2.39. The highest BCUT2D eigenvalue weighted by atomic mass is 35.5. The highest BCUT2D eigenvalue weighted by Gasteiger charge is 2.05. The summed E-state index contributed by atoms with van der Waals surface area (Å²) >= 11 is 11.4. The van der Waals surface area contributed by atoms with Crippen molar-refractivity contribution in [1.29, 1.82) is 0 Å². The minimum absolute atomic E-state index is 0.104. The van der Waals surface area contributed by atoms with Gasteiger partial charge in [-0.2, -0.15) is 5.10 Å². The molecule has 0 aliphatic heterocycles. The Labute approximate surface area is 102 Å². The van der Waals surface area contributed by atoms with E-state index in [9.17, 15) is 9.90 Å². The number of amides is 1. The maximum atomic E-state index is 10.7. The van der Waals surface area contributed by atoms with Gasteiger partial charge in [-0.05, 0) is 12.1 Å². The van der Waals surface area contributed by atoms with E-state index >= 15 is 0 Å². The van der Waals surface area contributed by atoms with E-state index in [1.807, 2.05) is 0 Å². The van der Waals surface area contributed by atoms with Crippen LogP contribution in [0.3, 0.4) is 0 Å². The number of aromatic hydroxyl groups is 1. The molecule has 0 saturated carbocycles. The minimum atomic E-state index is -0.719. The highest BCUT2D eigenvalue weighted by molar-refractivity contribution is 6.36. The predicted molar refractivity (Wildman–Crippen MR) is 61.3 cm³/mol. The van der Waals surface area contributed by atoms with Gasteiger partial charge in [0, 0.05) is 10.6 Å². The van der Waals surface area contributed by atoms with Gasteiger partial charge in [-0.25, -0.2) is 10.2 Å². The molecule has 0 unspecified atom stereocenters. The van der Waals surface area contributed by atoms with E-state index in [2.05, 4.69) is 15.3 Å². The van der Waals surface area contributed by atoms with Crippen molar-refractivity contribution in [2.24, 2.45) is 5.10 Å². The molecule has 0 bridgehead atoms. The summed E-state index contributed by atoms with van der Waals surface area (Å²) in [5.74, 6) is -0.165. The van der Waals surface area contributed by atoms with Crippen LogP contribution in [0.4, 0.5) is 4.79 Å². The van der Waals surface area contributed by atoms with Gasteiger partial charge in [-0.3, -0.25) is 0 Å². The fourth-order valence-electron chi connectivity index (χ4n) is 0.884. The number of hydrogen-bond acceptors (Lipinski definition) is 4. The summed E-state index contributed by atoms with van der Waals surface area (Å²) in [6.07, 6.45) is 0.480. The normalized spacial score (nSPS) is 10.4. The fraction of sp³-hybridized carbons (Fsp3) is 0.111. The SMILES string of the molecule is COC(=O)N/N=C\c1cc(Cl)cc(Cl)c1O. The summed E-state index contributed by atoms with van der Waals surface area (Å²) in [7, 11) is 1.21. The monoisotopic (exact) mass is 262 g/mol. The Morgan fingerprint density at radius 3 is 2.88 bits per heavy atom. The Morgan fingerprint density at radius 2 is 2.25 bits per heavy atom. The van der Waals surface area contributed by atoms with Crippen molar-refractivity contribution in [1.82, 2.24) is 5.43 Å². The number of methoxy groups -OCH3 is 1. The quantitative estimate of drug-likeness (QED) is 0.635. The number of hydrazone groups is 1. The number of phenols is 1. The van der Waals surface area contributed by atoms with E-state index in [4.69, 9.17) is 23.2 Å². The second-order valence-corrected chi connectivity index (χ2v) is 3.53. The van der Waals surface area contributed by atoms with E-state index in [1.54, 1.807) is 0 Å². The molecule has 1 aromatic rings. The lowest BCUT2D eigenvalue weighted by Gasteiger charge is -2.02. The molecule has 0 heterocycles. The van der Waals surface area contributed by atoms with Crippen LogP contribution in [-0.4, -0.2) is 24.5 Å². The second kappa shape index (κ2) is 5.58. The largest absolute Gasteiger partial charge is 0.506 e. The molecule has 0 saturated heterocycles. The summed E-state index contributed by atoms with van der Waals surface area (Å²) in [6, 6.07) is 2.84. The number of carbonyl (C=O) groups is 1. The van der Waals surface area contributed by atoms with E-state index in [0.29, 0.717) is 5.02 Å². The molecule has 0 aromatic heterocycles. The number of nitrogens with one attached hydrogen (secondary N) is 1. The molecule has 1 aromatic carbocycles. The molecule has 86 valence electrons. The number of carbonyl (C=O) groups excluding carboxylic acids is 1. The van der Waals surface area contributed by atoms with E-state index in [1.165, 1.54) is 25.5 Å². The Kier molecular flexibility index (Phi) is 4.39. The third-order valence-electron chi connectivity index (χ3n) is 1.60. The summed E-state index contributed by atoms with van der Waals surface area (Å²) in [6.45, 7) is 0. The Bertz CT molecular complexity index is 435. The molecule has 2 N–H and O–H groups in total. The van der Waals surface area contributed by atoms with Crippen molar-refractivity contribution < 1.29 is 14.6 Å². The summed E-state index contributed by atoms with van der Waals surface area (Å²) in [4.78, 5) is 10.7. The van der Waals surface area contributed by atoms with Crippen LogP contribution in [0, 0.1) is 0 Å². The standard InChI is InChI=1S/C9H8Cl2N2O3/c1-16-9(15)13-12-4-5-2-6(10)3-7(11)8(5)14/h2-4,14H,1H3,(H,13,15)/b12-4-. The van der Waals surface area contributed by atoms with E-state index in [-0.39, 0.29) is 16.3 Å². The minimum Gasteiger partial charge on any atom is -0.506 e. The van der Waals surface area contributed by atoms with Crippen LogP contribution in [0.2, 0.25) is 10.0 Å². The van der Waals surface area contributed by atoms with Crippen LogP contribution in [0.25, 0.3) is 0 Å². The molecule has 5 nitrogen and oxygen atoms in total. The van der Waals surface area contributed by atoms with Crippen LogP contribution in [0.5, 0.6) is 5.75 Å². The average molecular weight is 263 g/mol. The lowest BCUT2D eigenvalue weighted by atomic mass is 10.2. The topological polar surface area (TPSA) is 70.9 Å². The van der Waals surface area contributed by atoms with Crippen molar-refractivity contribution in [3.63, 3.8) is 0 Å². The third-order valence-corrected chi connectivity index (χ3v) is 2.11. The van der Waals surface area contributed by atoms with Gasteiger partial charge in [0.15, 0.2) is 0 Å². The highest BCUT2D eigenvalue weighted by Crippen LogP contribution is 2.29. The number of ether oxygens (including phenoxy) is 1. The first-order valence-corrected chi connectivity index (χ1v) is 4.85. The van der Waals surface area contributed by atoms with Gasteiger partial charge in [-0.15, -0.1) is 0 Å². The summed E-state index contributed by atoms with van der Waals surface area (Å²) < 4.78 is 4.29. The molecular weight excluding hydrogens is 255 g/mol. The number of nitrogens with zero attached hydrogens (tertiary/aromatic N) is 1. The Hall–Kier alpha value is -1.46. The van der Waals surface area contributed by atoms with Gasteiger partial charge in [0.2, 0.25) is 0 Å². The molecule has 16 heavy (non-hydrogen) atoms. The average Bonchev–Trinajstić information content (AvgIpc) is 2.24. The van der Waals surface area contributed by atoms with Crippen LogP contribution in [-0.2, 0) is 4.74 Å². The lowest BCUT2D eigenvalue weighted by Crippen LogP contribution is -2.16. The van der Waals surface area contributed by atoms with Crippen molar-refractivity contribution in [3.8, 4) is 5.75 Å². The molecular formula is C9H8Cl2N2O3. The molecule has 1 amide bonds. The molecule has 0 fully saturated rings. The first-order valence-electron chi connectivity index (χ1n) is 4.09. The maximum Gasteiger partial charge on any atom is 0.427 e. The Balaban J connectivity index is 2.85. The van der Waals surface area contributed by atoms with Crippen LogP contribution < -0.4 is 5.43 Å². The smallest absolute Gasteiger partial charge is 0.427 e. The van der Waals surface area contributed by atoms with Gasteiger partial charge >= 0.3 is 6.09 Å². The van der Waals surface area contributed by atoms with Crippen molar-refractivity contribution in [2.75, 3.05) is 7.11 Å². The number of phenolic OH excluding ortho intramolecular Hbond substituents is 1. The lowest BCUT2D eigenvalue weighted by molar-refractivity contribution is 0.171. The third kappa shape index (κ3) is 3.29. The van der Waals surface area contributed by atoms with Gasteiger partial charge < -0.3 is 9.84 Å². The van der Waals surface area contributed by atoms with Crippen LogP contribution in [0.15, 0.2) is 17.2 Å². The first kappa shape index (κ1) is 12.6. The summed E-state index contributed by atoms with van der Waals surface area (Å²) in [5.41, 5.74) is 2.34. The molecule has 0 radical (unpaired) electrons. The first-order chi connectivity index (χ1) is 7.54. The van der Waals surface area contributed by atoms with Crippen molar-refractivity contribution in [3.05, 3.63) is 27.7 Å². The molecule has 7 heteroatoms. The zero-order valence-electron chi connectivity index (χ0n) is 8.20. The van der Waals surface area contributed by atoms with Crippen molar-refractivity contribution in [2.45, 2.75) is 0 Å². The van der Waals surface area contributed by atoms with Gasteiger partial charge in [0.05, 0.1) is 18.3 Å². The molecule has 0 spiro atoms.